The summed E-state index contributed by atoms with van der Waals surface area (Å²) < 4.78 is 6.69. The highest BCUT2D eigenvalue weighted by Crippen LogP contribution is 2.01. The van der Waals surface area contributed by atoms with Gasteiger partial charge in [-0.1, -0.05) is 13.8 Å². The zero-order valence-corrected chi connectivity index (χ0v) is 10.2. The third-order valence-corrected chi connectivity index (χ3v) is 2.32. The van der Waals surface area contributed by atoms with Gasteiger partial charge in [-0.3, -0.25) is 4.79 Å². The highest BCUT2D eigenvalue weighted by atomic mass is 16.5. The lowest BCUT2D eigenvalue weighted by atomic mass is 10.2. The van der Waals surface area contributed by atoms with Gasteiger partial charge in [0.25, 0.3) is 0 Å². The van der Waals surface area contributed by atoms with Crippen molar-refractivity contribution >= 4 is 5.97 Å². The van der Waals surface area contributed by atoms with E-state index >= 15 is 0 Å². The van der Waals surface area contributed by atoms with Crippen LogP contribution in [0.5, 0.6) is 0 Å². The Morgan fingerprint density at radius 3 is 2.75 bits per heavy atom. The minimum absolute atomic E-state index is 0.230. The first kappa shape index (κ1) is 12.7. The summed E-state index contributed by atoms with van der Waals surface area (Å²) in [5, 5.41) is 3.17. The number of carbonyl (C=O) groups excluding carboxylic acids is 1. The molecular formula is C11H19N3O2. The maximum Gasteiger partial charge on any atom is 0.324 e. The third-order valence-electron chi connectivity index (χ3n) is 2.32. The maximum atomic E-state index is 11.6. The number of nitrogens with one attached hydrogen (secondary N) is 1. The van der Waals surface area contributed by atoms with Crippen molar-refractivity contribution < 1.29 is 9.53 Å². The maximum absolute atomic E-state index is 11.6. The largest absolute Gasteiger partial charge is 0.468 e. The predicted octanol–water partition coefficient (Wildman–Crippen LogP) is 0.731. The Labute approximate surface area is 95.8 Å². The van der Waals surface area contributed by atoms with Crippen molar-refractivity contribution in [3.63, 3.8) is 0 Å². The molecule has 0 saturated heterocycles. The van der Waals surface area contributed by atoms with Gasteiger partial charge < -0.3 is 14.6 Å². The number of rotatable bonds is 5. The Kier molecular flexibility index (Phi) is 4.49. The molecular weight excluding hydrogens is 206 g/mol. The molecule has 0 radical (unpaired) electrons. The first-order valence-electron chi connectivity index (χ1n) is 5.36. The topological polar surface area (TPSA) is 56.2 Å². The second-order valence-corrected chi connectivity index (χ2v) is 4.02. The molecule has 0 spiro atoms. The molecule has 90 valence electrons. The van der Waals surface area contributed by atoms with Crippen LogP contribution in [0.25, 0.3) is 0 Å². The molecule has 0 aliphatic rings. The molecule has 1 rings (SSSR count). The van der Waals surface area contributed by atoms with E-state index in [4.69, 9.17) is 4.74 Å². The standard InChI is InChI=1S/C11H19N3O2/c1-8(2)13-10(11(15)16-4)7-14-6-5-12-9(14)3/h5-6,8,10,13H,7H2,1-4H3. The van der Waals surface area contributed by atoms with Crippen LogP contribution in [-0.2, 0) is 16.1 Å². The molecule has 0 aliphatic carbocycles. The Balaban J connectivity index is 2.70. The molecule has 0 amide bonds. The quantitative estimate of drug-likeness (QED) is 0.751. The molecule has 0 aromatic carbocycles. The Hall–Kier alpha value is -1.36. The van der Waals surface area contributed by atoms with Crippen molar-refractivity contribution in [3.05, 3.63) is 18.2 Å². The van der Waals surface area contributed by atoms with Gasteiger partial charge in [0.2, 0.25) is 0 Å². The molecule has 5 heteroatoms. The summed E-state index contributed by atoms with van der Waals surface area (Å²) in [5.41, 5.74) is 0. The molecule has 5 nitrogen and oxygen atoms in total. The molecule has 1 heterocycles. The van der Waals surface area contributed by atoms with Crippen LogP contribution in [0.15, 0.2) is 12.4 Å². The number of hydrogen-bond acceptors (Lipinski definition) is 4. The fourth-order valence-corrected chi connectivity index (χ4v) is 1.53. The molecule has 1 unspecified atom stereocenters. The summed E-state index contributed by atoms with van der Waals surface area (Å²) in [6.45, 7) is 6.44. The van der Waals surface area contributed by atoms with Gasteiger partial charge in [-0.2, -0.15) is 0 Å². The molecule has 16 heavy (non-hydrogen) atoms. The number of esters is 1. The molecule has 0 saturated carbocycles. The van der Waals surface area contributed by atoms with Crippen molar-refractivity contribution in [3.8, 4) is 0 Å². The van der Waals surface area contributed by atoms with Gasteiger partial charge in [0.05, 0.1) is 7.11 Å². The van der Waals surface area contributed by atoms with Gasteiger partial charge >= 0.3 is 5.97 Å². The van der Waals surface area contributed by atoms with E-state index in [9.17, 15) is 4.79 Å². The average molecular weight is 225 g/mol. The summed E-state index contributed by atoms with van der Waals surface area (Å²) >= 11 is 0. The van der Waals surface area contributed by atoms with Crippen molar-refractivity contribution in [2.24, 2.45) is 0 Å². The lowest BCUT2D eigenvalue weighted by molar-refractivity contribution is -0.143. The van der Waals surface area contributed by atoms with E-state index in [1.54, 1.807) is 6.20 Å². The second-order valence-electron chi connectivity index (χ2n) is 4.02. The van der Waals surface area contributed by atoms with Crippen LogP contribution in [0.1, 0.15) is 19.7 Å². The monoisotopic (exact) mass is 225 g/mol. The van der Waals surface area contributed by atoms with Crippen molar-refractivity contribution in [1.82, 2.24) is 14.9 Å². The summed E-state index contributed by atoms with van der Waals surface area (Å²) in [6, 6.07) is -0.106. The number of nitrogens with zero attached hydrogens (tertiary/aromatic N) is 2. The fraction of sp³-hybridized carbons (Fsp3) is 0.636. The number of methoxy groups -OCH3 is 1. The zero-order chi connectivity index (χ0) is 12.1. The molecule has 0 aliphatic heterocycles. The average Bonchev–Trinajstić information content (AvgIpc) is 2.61. The summed E-state index contributed by atoms with van der Waals surface area (Å²) in [7, 11) is 1.40. The molecule has 1 aromatic heterocycles. The van der Waals surface area contributed by atoms with Crippen LogP contribution in [0.2, 0.25) is 0 Å². The SMILES string of the molecule is COC(=O)C(Cn1ccnc1C)NC(C)C. The Morgan fingerprint density at radius 2 is 2.31 bits per heavy atom. The highest BCUT2D eigenvalue weighted by molar-refractivity contribution is 5.75. The summed E-state index contributed by atoms with van der Waals surface area (Å²) in [5.74, 6) is 0.640. The van der Waals surface area contributed by atoms with E-state index in [2.05, 4.69) is 10.3 Å². The molecule has 0 bridgehead atoms. The summed E-state index contributed by atoms with van der Waals surface area (Å²) in [6.07, 6.45) is 3.58. The first-order valence-corrected chi connectivity index (χ1v) is 5.36. The van der Waals surface area contributed by atoms with Crippen LogP contribution < -0.4 is 5.32 Å². The molecule has 1 N–H and O–H groups in total. The lowest BCUT2D eigenvalue weighted by Gasteiger charge is -2.19. The van der Waals surface area contributed by atoms with Crippen molar-refractivity contribution in [1.29, 1.82) is 0 Å². The van der Waals surface area contributed by atoms with Crippen molar-refractivity contribution in [2.45, 2.75) is 39.4 Å². The number of imidazole rings is 1. The van der Waals surface area contributed by atoms with Gasteiger partial charge in [0.1, 0.15) is 11.9 Å². The molecule has 0 fully saturated rings. The van der Waals surface area contributed by atoms with Gasteiger partial charge in [-0.25, -0.2) is 4.98 Å². The van der Waals surface area contributed by atoms with Crippen LogP contribution >= 0.6 is 0 Å². The normalized spacial score (nSPS) is 12.8. The molecule has 1 atom stereocenters. The highest BCUT2D eigenvalue weighted by Gasteiger charge is 2.20. The molecule has 1 aromatic rings. The van der Waals surface area contributed by atoms with Crippen LogP contribution in [0, 0.1) is 6.92 Å². The minimum atomic E-state index is -0.335. The Morgan fingerprint density at radius 1 is 1.62 bits per heavy atom. The van der Waals surface area contributed by atoms with E-state index in [-0.39, 0.29) is 18.1 Å². The third kappa shape index (κ3) is 3.34. The predicted molar refractivity (Wildman–Crippen MR) is 61.0 cm³/mol. The van der Waals surface area contributed by atoms with E-state index < -0.39 is 0 Å². The number of aromatic nitrogens is 2. The van der Waals surface area contributed by atoms with E-state index in [0.717, 1.165) is 5.82 Å². The number of ether oxygens (including phenoxy) is 1. The van der Waals surface area contributed by atoms with Crippen LogP contribution in [0.3, 0.4) is 0 Å². The second kappa shape index (κ2) is 5.65. The van der Waals surface area contributed by atoms with Gasteiger partial charge in [0, 0.05) is 25.0 Å². The summed E-state index contributed by atoms with van der Waals surface area (Å²) in [4.78, 5) is 15.7. The number of carbonyl (C=O) groups is 1. The number of hydrogen-bond donors (Lipinski definition) is 1. The minimum Gasteiger partial charge on any atom is -0.468 e. The Bertz CT molecular complexity index is 347. The van der Waals surface area contributed by atoms with Crippen molar-refractivity contribution in [2.75, 3.05) is 7.11 Å². The van der Waals surface area contributed by atoms with Crippen LogP contribution in [-0.4, -0.2) is 34.7 Å². The zero-order valence-electron chi connectivity index (χ0n) is 10.2. The van der Waals surface area contributed by atoms with Gasteiger partial charge in [0.15, 0.2) is 0 Å². The van der Waals surface area contributed by atoms with E-state index in [1.165, 1.54) is 7.11 Å². The van der Waals surface area contributed by atoms with Crippen LogP contribution in [0.4, 0.5) is 0 Å². The smallest absolute Gasteiger partial charge is 0.324 e. The van der Waals surface area contributed by atoms with Gasteiger partial charge in [-0.15, -0.1) is 0 Å². The number of aryl methyl sites for hydroxylation is 1. The van der Waals surface area contributed by atoms with Gasteiger partial charge in [-0.05, 0) is 6.92 Å². The lowest BCUT2D eigenvalue weighted by Crippen LogP contribution is -2.44. The van der Waals surface area contributed by atoms with E-state index in [1.807, 2.05) is 31.5 Å². The fourth-order valence-electron chi connectivity index (χ4n) is 1.53. The first-order chi connectivity index (χ1) is 7.54. The van der Waals surface area contributed by atoms with E-state index in [0.29, 0.717) is 6.54 Å².